The Balaban J connectivity index is 2.16. The molecule has 3 heteroatoms. The normalized spacial score (nSPS) is 27.5. The summed E-state index contributed by atoms with van der Waals surface area (Å²) < 4.78 is 5.18. The molecule has 1 unspecified atom stereocenters. The fourth-order valence-corrected chi connectivity index (χ4v) is 3.62. The zero-order valence-corrected chi connectivity index (χ0v) is 13.3. The van der Waals surface area contributed by atoms with Crippen LogP contribution in [0.25, 0.3) is 0 Å². The number of hydrogen-bond acceptors (Lipinski definition) is 3. The maximum Gasteiger partial charge on any atom is 0.0858 e. The number of ether oxygens (including phenoxy) is 1. The van der Waals surface area contributed by atoms with Crippen LogP contribution in [0, 0.1) is 11.3 Å². The van der Waals surface area contributed by atoms with Crippen LogP contribution in [0.3, 0.4) is 0 Å². The van der Waals surface area contributed by atoms with Crippen LogP contribution in [-0.2, 0) is 11.3 Å². The Bertz CT molecular complexity index is 439. The highest BCUT2D eigenvalue weighted by molar-refractivity contribution is 5.26. The Hall–Kier alpha value is -0.900. The first-order valence-electron chi connectivity index (χ1n) is 8.11. The summed E-state index contributed by atoms with van der Waals surface area (Å²) in [5, 5.41) is 10.9. The van der Waals surface area contributed by atoms with Gasteiger partial charge in [0.1, 0.15) is 0 Å². The van der Waals surface area contributed by atoms with E-state index >= 15 is 0 Å². The lowest BCUT2D eigenvalue weighted by Gasteiger charge is -2.43. The van der Waals surface area contributed by atoms with Gasteiger partial charge in [0.25, 0.3) is 0 Å². The largest absolute Gasteiger partial charge is 0.388 e. The van der Waals surface area contributed by atoms with Gasteiger partial charge in [0.15, 0.2) is 0 Å². The van der Waals surface area contributed by atoms with Crippen molar-refractivity contribution in [3.05, 3.63) is 35.4 Å². The summed E-state index contributed by atoms with van der Waals surface area (Å²) in [5.74, 6) is 0.803. The summed E-state index contributed by atoms with van der Waals surface area (Å²) in [5.41, 5.74) is 8.00. The van der Waals surface area contributed by atoms with Crippen molar-refractivity contribution < 1.29 is 9.84 Å². The van der Waals surface area contributed by atoms with E-state index in [4.69, 9.17) is 10.5 Å². The first-order chi connectivity index (χ1) is 10.1. The lowest BCUT2D eigenvalue weighted by Crippen LogP contribution is -2.40. The average Bonchev–Trinajstić information content (AvgIpc) is 2.55. The molecule has 118 valence electrons. The molecule has 0 radical (unpaired) electrons. The highest BCUT2D eigenvalue weighted by atomic mass is 16.5. The molecule has 0 aliphatic heterocycles. The molecule has 0 bridgehead atoms. The van der Waals surface area contributed by atoms with Crippen molar-refractivity contribution in [2.75, 3.05) is 13.7 Å². The number of aliphatic hydroxyl groups is 1. The number of benzene rings is 1. The van der Waals surface area contributed by atoms with E-state index in [0.29, 0.717) is 13.2 Å². The molecular weight excluding hydrogens is 262 g/mol. The number of rotatable bonds is 6. The Kier molecular flexibility index (Phi) is 5.80. The van der Waals surface area contributed by atoms with Crippen molar-refractivity contribution in [1.82, 2.24) is 0 Å². The fraction of sp³-hybridized carbons (Fsp3) is 0.667. The molecule has 3 nitrogen and oxygen atoms in total. The molecule has 1 aromatic rings. The van der Waals surface area contributed by atoms with E-state index in [1.807, 2.05) is 18.2 Å². The molecule has 0 amide bonds. The van der Waals surface area contributed by atoms with Crippen LogP contribution in [-0.4, -0.2) is 18.8 Å². The summed E-state index contributed by atoms with van der Waals surface area (Å²) in [4.78, 5) is 0. The van der Waals surface area contributed by atoms with E-state index in [0.717, 1.165) is 29.9 Å². The van der Waals surface area contributed by atoms with Crippen molar-refractivity contribution >= 4 is 0 Å². The lowest BCUT2D eigenvalue weighted by molar-refractivity contribution is -0.0104. The molecule has 0 saturated heterocycles. The molecule has 1 atom stereocenters. The molecule has 0 heterocycles. The monoisotopic (exact) mass is 291 g/mol. The topological polar surface area (TPSA) is 55.5 Å². The van der Waals surface area contributed by atoms with E-state index < -0.39 is 6.10 Å². The van der Waals surface area contributed by atoms with Gasteiger partial charge in [0.2, 0.25) is 0 Å². The highest BCUT2D eigenvalue weighted by Gasteiger charge is 2.40. The van der Waals surface area contributed by atoms with Gasteiger partial charge in [0.05, 0.1) is 12.7 Å². The quantitative estimate of drug-likeness (QED) is 0.844. The number of nitrogens with two attached hydrogens (primary N) is 1. The Morgan fingerprint density at radius 3 is 2.67 bits per heavy atom. The highest BCUT2D eigenvalue weighted by Crippen LogP contribution is 2.47. The zero-order valence-electron chi connectivity index (χ0n) is 13.3. The van der Waals surface area contributed by atoms with Gasteiger partial charge in [-0.25, -0.2) is 0 Å². The minimum Gasteiger partial charge on any atom is -0.388 e. The van der Waals surface area contributed by atoms with E-state index in [2.05, 4.69) is 13.0 Å². The second-order valence-electron chi connectivity index (χ2n) is 6.50. The molecule has 1 aliphatic carbocycles. The second-order valence-corrected chi connectivity index (χ2v) is 6.50. The zero-order chi connectivity index (χ0) is 15.3. The Morgan fingerprint density at radius 1 is 1.38 bits per heavy atom. The fourth-order valence-electron chi connectivity index (χ4n) is 3.62. The summed E-state index contributed by atoms with van der Waals surface area (Å²) in [6, 6.07) is 8.09. The third kappa shape index (κ3) is 3.65. The number of methoxy groups -OCH3 is 1. The van der Waals surface area contributed by atoms with Crippen LogP contribution >= 0.6 is 0 Å². The smallest absolute Gasteiger partial charge is 0.0858 e. The summed E-state index contributed by atoms with van der Waals surface area (Å²) in [7, 11) is 1.69. The van der Waals surface area contributed by atoms with E-state index in [1.165, 1.54) is 19.3 Å². The van der Waals surface area contributed by atoms with Crippen LogP contribution in [0.4, 0.5) is 0 Å². The summed E-state index contributed by atoms with van der Waals surface area (Å²) in [6.45, 7) is 3.39. The van der Waals surface area contributed by atoms with Crippen molar-refractivity contribution in [2.45, 2.75) is 51.7 Å². The van der Waals surface area contributed by atoms with Gasteiger partial charge >= 0.3 is 0 Å². The van der Waals surface area contributed by atoms with Crippen LogP contribution < -0.4 is 5.73 Å². The Morgan fingerprint density at radius 2 is 2.10 bits per heavy atom. The van der Waals surface area contributed by atoms with Gasteiger partial charge in [-0.1, -0.05) is 37.6 Å². The molecular formula is C18H29NO2. The average molecular weight is 291 g/mol. The predicted molar refractivity (Wildman–Crippen MR) is 85.9 cm³/mol. The first kappa shape index (κ1) is 16.5. The van der Waals surface area contributed by atoms with Crippen molar-refractivity contribution in [1.29, 1.82) is 0 Å². The van der Waals surface area contributed by atoms with Gasteiger partial charge in [-0.05, 0) is 42.7 Å². The Labute approximate surface area is 128 Å². The molecule has 0 spiro atoms. The molecule has 21 heavy (non-hydrogen) atoms. The minimum atomic E-state index is -0.475. The lowest BCUT2D eigenvalue weighted by atomic mass is 9.65. The summed E-state index contributed by atoms with van der Waals surface area (Å²) in [6.07, 6.45) is 5.18. The first-order valence-corrected chi connectivity index (χ1v) is 8.11. The maximum absolute atomic E-state index is 10.9. The van der Waals surface area contributed by atoms with Gasteiger partial charge in [-0.15, -0.1) is 0 Å². The van der Waals surface area contributed by atoms with Crippen LogP contribution in [0.1, 0.15) is 56.3 Å². The third-order valence-electron chi connectivity index (χ3n) is 5.24. The van der Waals surface area contributed by atoms with Crippen molar-refractivity contribution in [2.24, 2.45) is 17.1 Å². The molecule has 1 aliphatic rings. The van der Waals surface area contributed by atoms with Crippen molar-refractivity contribution in [3.8, 4) is 0 Å². The van der Waals surface area contributed by atoms with Gasteiger partial charge in [0, 0.05) is 19.1 Å². The molecule has 1 aromatic carbocycles. The van der Waals surface area contributed by atoms with Crippen LogP contribution in [0.15, 0.2) is 24.3 Å². The van der Waals surface area contributed by atoms with Crippen molar-refractivity contribution in [3.63, 3.8) is 0 Å². The van der Waals surface area contributed by atoms with Gasteiger partial charge in [-0.2, -0.15) is 0 Å². The number of hydrogen-bond donors (Lipinski definition) is 2. The van der Waals surface area contributed by atoms with Gasteiger partial charge in [-0.3, -0.25) is 0 Å². The molecule has 3 N–H and O–H groups in total. The van der Waals surface area contributed by atoms with E-state index in [1.54, 1.807) is 7.11 Å². The molecule has 1 saturated carbocycles. The second kappa shape index (κ2) is 7.39. The van der Waals surface area contributed by atoms with E-state index in [-0.39, 0.29) is 5.41 Å². The number of aliphatic hydroxyl groups excluding tert-OH is 1. The summed E-state index contributed by atoms with van der Waals surface area (Å²) >= 11 is 0. The predicted octanol–water partition coefficient (Wildman–Crippen LogP) is 3.41. The maximum atomic E-state index is 10.9. The molecule has 0 aromatic heterocycles. The molecule has 1 fully saturated rings. The SMILES string of the molecule is CCC1CCC(CN)(C(O)c2cccc(COC)c2)CC1. The van der Waals surface area contributed by atoms with Crippen LogP contribution in [0.2, 0.25) is 0 Å². The minimum absolute atomic E-state index is 0.155. The van der Waals surface area contributed by atoms with E-state index in [9.17, 15) is 5.11 Å². The van der Waals surface area contributed by atoms with Crippen LogP contribution in [0.5, 0.6) is 0 Å². The standard InChI is InChI=1S/C18H29NO2/c1-3-14-7-9-18(13-19,10-8-14)17(20)16-6-4-5-15(11-16)12-21-2/h4-6,11,14,17,20H,3,7-10,12-13,19H2,1-2H3. The van der Waals surface area contributed by atoms with Gasteiger partial charge < -0.3 is 15.6 Å². The third-order valence-corrected chi connectivity index (χ3v) is 5.24. The molecule has 2 rings (SSSR count).